The van der Waals surface area contributed by atoms with Gasteiger partial charge in [0, 0.05) is 63.0 Å². The second kappa shape index (κ2) is 10.2. The molecular weight excluding hydrogens is 380 g/mol. The molecule has 0 aliphatic carbocycles. The van der Waals surface area contributed by atoms with Gasteiger partial charge >= 0.3 is 0 Å². The first-order valence-corrected chi connectivity index (χ1v) is 10.7. The lowest BCUT2D eigenvalue weighted by Gasteiger charge is -2.41. The van der Waals surface area contributed by atoms with Crippen LogP contribution in [0.1, 0.15) is 37.8 Å². The van der Waals surface area contributed by atoms with E-state index in [-0.39, 0.29) is 0 Å². The van der Waals surface area contributed by atoms with Gasteiger partial charge in [0.25, 0.3) is 0 Å². The number of benzene rings is 1. The molecule has 0 atom stereocenters. The van der Waals surface area contributed by atoms with E-state index in [9.17, 15) is 0 Å². The minimum atomic E-state index is -0.418. The minimum Gasteiger partial charge on any atom is -0.496 e. The average Bonchev–Trinajstić information content (AvgIpc) is 2.76. The number of piperidine rings is 1. The molecule has 6 nitrogen and oxygen atoms in total. The Balaban J connectivity index is 1.73. The Bertz CT molecular complexity index is 799. The fourth-order valence-electron chi connectivity index (χ4n) is 4.13. The summed E-state index contributed by atoms with van der Waals surface area (Å²) in [6, 6.07) is 8.27. The van der Waals surface area contributed by atoms with Crippen molar-refractivity contribution in [2.45, 2.75) is 45.9 Å². The molecule has 0 saturated carbocycles. The van der Waals surface area contributed by atoms with Crippen molar-refractivity contribution in [1.29, 1.82) is 0 Å². The number of rotatable bonds is 9. The number of hydrogen-bond acceptors (Lipinski definition) is 6. The van der Waals surface area contributed by atoms with Gasteiger partial charge in [-0.3, -0.25) is 9.88 Å². The van der Waals surface area contributed by atoms with Crippen LogP contribution in [0.25, 0.3) is 11.3 Å². The molecule has 1 aliphatic heterocycles. The lowest BCUT2D eigenvalue weighted by molar-refractivity contribution is -0.253. The second-order valence-electron chi connectivity index (χ2n) is 7.61. The zero-order valence-electron chi connectivity index (χ0n) is 18.9. The Hall–Kier alpha value is -2.15. The minimum absolute atomic E-state index is 0.418. The predicted octanol–water partition coefficient (Wildman–Crippen LogP) is 4.44. The van der Waals surface area contributed by atoms with Crippen molar-refractivity contribution >= 4 is 0 Å². The third-order valence-electron chi connectivity index (χ3n) is 5.71. The van der Waals surface area contributed by atoms with Crippen LogP contribution in [-0.2, 0) is 16.0 Å². The van der Waals surface area contributed by atoms with Crippen LogP contribution in [-0.4, -0.2) is 56.2 Å². The van der Waals surface area contributed by atoms with Crippen LogP contribution in [0.3, 0.4) is 0 Å². The number of likely N-dealkylation sites (tertiary alicyclic amines) is 1. The highest BCUT2D eigenvalue weighted by atomic mass is 16.7. The van der Waals surface area contributed by atoms with Gasteiger partial charge in [-0.05, 0) is 50.6 Å². The molecular formula is C24H34N2O4. The van der Waals surface area contributed by atoms with Crippen LogP contribution < -0.4 is 9.47 Å². The Morgan fingerprint density at radius 1 is 0.967 bits per heavy atom. The van der Waals surface area contributed by atoms with E-state index in [2.05, 4.69) is 22.0 Å². The zero-order valence-corrected chi connectivity index (χ0v) is 18.9. The molecule has 164 valence electrons. The van der Waals surface area contributed by atoms with E-state index in [4.69, 9.17) is 18.9 Å². The third-order valence-corrected chi connectivity index (χ3v) is 5.71. The van der Waals surface area contributed by atoms with Gasteiger partial charge in [0.1, 0.15) is 11.5 Å². The summed E-state index contributed by atoms with van der Waals surface area (Å²) in [5.74, 6) is 1.19. The van der Waals surface area contributed by atoms with E-state index >= 15 is 0 Å². The maximum Gasteiger partial charge on any atom is 0.170 e. The summed E-state index contributed by atoms with van der Waals surface area (Å²) >= 11 is 0. The highest BCUT2D eigenvalue weighted by molar-refractivity contribution is 5.66. The van der Waals surface area contributed by atoms with E-state index in [1.54, 1.807) is 14.2 Å². The van der Waals surface area contributed by atoms with Crippen molar-refractivity contribution < 1.29 is 18.9 Å². The number of hydrogen-bond donors (Lipinski definition) is 0. The summed E-state index contributed by atoms with van der Waals surface area (Å²) in [6.45, 7) is 10.2. The molecule has 3 rings (SSSR count). The smallest absolute Gasteiger partial charge is 0.170 e. The second-order valence-corrected chi connectivity index (χ2v) is 7.61. The third kappa shape index (κ3) is 5.12. The molecule has 0 amide bonds. The van der Waals surface area contributed by atoms with Crippen molar-refractivity contribution in [2.24, 2.45) is 0 Å². The summed E-state index contributed by atoms with van der Waals surface area (Å²) in [6.07, 6.45) is 3.65. The topological polar surface area (TPSA) is 53.1 Å². The quantitative estimate of drug-likeness (QED) is 0.566. The number of nitrogens with zero attached hydrogens (tertiary/aromatic N) is 2. The van der Waals surface area contributed by atoms with E-state index < -0.39 is 5.79 Å². The molecule has 30 heavy (non-hydrogen) atoms. The van der Waals surface area contributed by atoms with Gasteiger partial charge < -0.3 is 18.9 Å². The van der Waals surface area contributed by atoms with Crippen molar-refractivity contribution in [3.05, 3.63) is 41.6 Å². The summed E-state index contributed by atoms with van der Waals surface area (Å²) in [5, 5.41) is 0. The van der Waals surface area contributed by atoms with Gasteiger partial charge in [0.2, 0.25) is 0 Å². The molecule has 2 aromatic rings. The largest absolute Gasteiger partial charge is 0.496 e. The van der Waals surface area contributed by atoms with E-state index in [1.807, 2.05) is 39.1 Å². The van der Waals surface area contributed by atoms with Crippen LogP contribution in [0.15, 0.2) is 30.5 Å². The van der Waals surface area contributed by atoms with Gasteiger partial charge in [0.15, 0.2) is 5.79 Å². The molecule has 0 radical (unpaired) electrons. The van der Waals surface area contributed by atoms with Gasteiger partial charge in [-0.2, -0.15) is 0 Å². The average molecular weight is 415 g/mol. The van der Waals surface area contributed by atoms with E-state index in [0.717, 1.165) is 60.8 Å². The number of aromatic nitrogens is 1. The van der Waals surface area contributed by atoms with Crippen LogP contribution >= 0.6 is 0 Å². The van der Waals surface area contributed by atoms with Crippen molar-refractivity contribution in [1.82, 2.24) is 9.88 Å². The summed E-state index contributed by atoms with van der Waals surface area (Å²) < 4.78 is 23.0. The first kappa shape index (κ1) is 22.5. The van der Waals surface area contributed by atoms with Crippen LogP contribution in [0.2, 0.25) is 0 Å². The Morgan fingerprint density at radius 3 is 2.10 bits per heavy atom. The van der Waals surface area contributed by atoms with Crippen molar-refractivity contribution in [3.8, 4) is 22.8 Å². The number of pyridine rings is 1. The number of methoxy groups -OCH3 is 2. The highest BCUT2D eigenvalue weighted by Crippen LogP contribution is 2.34. The summed E-state index contributed by atoms with van der Waals surface area (Å²) in [7, 11) is 3.35. The Morgan fingerprint density at radius 2 is 1.57 bits per heavy atom. The lowest BCUT2D eigenvalue weighted by atomic mass is 10.0. The van der Waals surface area contributed by atoms with E-state index in [1.165, 1.54) is 5.56 Å². The van der Waals surface area contributed by atoms with Crippen LogP contribution in [0, 0.1) is 6.92 Å². The SMILES string of the molecule is CCOC1(OCC)CCN(Cc2ccnc(-c3cc(OC)c(C)c(OC)c3)c2)CC1. The fourth-order valence-corrected chi connectivity index (χ4v) is 4.13. The fraction of sp³-hybridized carbons (Fsp3) is 0.542. The molecule has 6 heteroatoms. The zero-order chi connectivity index (χ0) is 21.6. The normalized spacial score (nSPS) is 16.4. The molecule has 0 spiro atoms. The molecule has 2 heterocycles. The lowest BCUT2D eigenvalue weighted by Crippen LogP contribution is -2.47. The monoisotopic (exact) mass is 414 g/mol. The van der Waals surface area contributed by atoms with E-state index in [0.29, 0.717) is 13.2 Å². The maximum absolute atomic E-state index is 5.96. The van der Waals surface area contributed by atoms with Gasteiger partial charge in [-0.25, -0.2) is 0 Å². The van der Waals surface area contributed by atoms with Gasteiger partial charge in [-0.1, -0.05) is 0 Å². The van der Waals surface area contributed by atoms with Crippen LogP contribution in [0.5, 0.6) is 11.5 Å². The maximum atomic E-state index is 5.96. The van der Waals surface area contributed by atoms with Crippen molar-refractivity contribution in [2.75, 3.05) is 40.5 Å². The first-order chi connectivity index (χ1) is 14.5. The molecule has 0 N–H and O–H groups in total. The van der Waals surface area contributed by atoms with Crippen LogP contribution in [0.4, 0.5) is 0 Å². The molecule has 1 saturated heterocycles. The van der Waals surface area contributed by atoms with Crippen molar-refractivity contribution in [3.63, 3.8) is 0 Å². The molecule has 1 fully saturated rings. The van der Waals surface area contributed by atoms with Gasteiger partial charge in [-0.15, -0.1) is 0 Å². The standard InChI is InChI=1S/C24H34N2O4/c1-6-29-24(30-7-2)9-12-26(13-10-24)17-19-8-11-25-21(14-19)20-15-22(27-4)18(3)23(16-20)28-5/h8,11,14-16H,6-7,9-10,12-13,17H2,1-5H3. The predicted molar refractivity (Wildman–Crippen MR) is 118 cm³/mol. The molecule has 1 aromatic heterocycles. The molecule has 0 unspecified atom stereocenters. The molecule has 1 aliphatic rings. The first-order valence-electron chi connectivity index (χ1n) is 10.7. The molecule has 1 aromatic carbocycles. The number of ether oxygens (including phenoxy) is 4. The van der Waals surface area contributed by atoms with Gasteiger partial charge in [0.05, 0.1) is 19.9 Å². The molecule has 0 bridgehead atoms. The Labute approximate surface area is 180 Å². The summed E-state index contributed by atoms with van der Waals surface area (Å²) in [5.41, 5.74) is 4.12. The Kier molecular flexibility index (Phi) is 7.69. The summed E-state index contributed by atoms with van der Waals surface area (Å²) in [4.78, 5) is 7.04. The highest BCUT2D eigenvalue weighted by Gasteiger charge is 2.35.